The number of nitrogens with one attached hydrogen (secondary N) is 1. The Bertz CT molecular complexity index is 965. The summed E-state index contributed by atoms with van der Waals surface area (Å²) in [5.41, 5.74) is 1.73. The smallest absolute Gasteiger partial charge is 0.335 e. The lowest BCUT2D eigenvalue weighted by Crippen LogP contribution is -2.24. The molecule has 7 heteroatoms. The number of hydrogen-bond acceptors (Lipinski definition) is 3. The lowest BCUT2D eigenvalue weighted by molar-refractivity contribution is 0.0696. The van der Waals surface area contributed by atoms with Crippen LogP contribution in [0.5, 0.6) is 0 Å². The number of carbonyl (C=O) groups is 2. The van der Waals surface area contributed by atoms with Crippen LogP contribution < -0.4 is 5.32 Å². The molecular formula is C18H16FN3O3. The Kier molecular flexibility index (Phi) is 4.47. The van der Waals surface area contributed by atoms with Crippen LogP contribution in [0.3, 0.4) is 0 Å². The van der Waals surface area contributed by atoms with E-state index in [1.54, 1.807) is 6.07 Å². The number of rotatable bonds is 5. The van der Waals surface area contributed by atoms with Gasteiger partial charge in [-0.25, -0.2) is 14.2 Å². The van der Waals surface area contributed by atoms with Gasteiger partial charge in [-0.1, -0.05) is 6.07 Å². The van der Waals surface area contributed by atoms with Gasteiger partial charge in [0.1, 0.15) is 11.6 Å². The van der Waals surface area contributed by atoms with Gasteiger partial charge in [0.2, 0.25) is 0 Å². The maximum absolute atomic E-state index is 13.2. The van der Waals surface area contributed by atoms with Crippen LogP contribution in [0, 0.1) is 5.82 Å². The van der Waals surface area contributed by atoms with Gasteiger partial charge in [-0.3, -0.25) is 4.79 Å². The van der Waals surface area contributed by atoms with E-state index in [9.17, 15) is 14.0 Å². The Morgan fingerprint density at radius 2 is 2.00 bits per heavy atom. The summed E-state index contributed by atoms with van der Waals surface area (Å²) >= 11 is 0. The number of nitrogens with zero attached hydrogens (tertiary/aromatic N) is 2. The maximum atomic E-state index is 13.2. The molecule has 1 amide bonds. The first-order valence-electron chi connectivity index (χ1n) is 7.76. The Balaban J connectivity index is 1.85. The lowest BCUT2D eigenvalue weighted by Gasteiger charge is -2.08. The highest BCUT2D eigenvalue weighted by atomic mass is 19.1. The summed E-state index contributed by atoms with van der Waals surface area (Å²) in [4.78, 5) is 27.6. The molecule has 6 nitrogen and oxygen atoms in total. The molecule has 25 heavy (non-hydrogen) atoms. The van der Waals surface area contributed by atoms with Crippen molar-refractivity contribution in [2.75, 3.05) is 0 Å². The number of imidazole rings is 1. The third-order valence-corrected chi connectivity index (χ3v) is 3.88. The molecule has 0 aliphatic heterocycles. The average molecular weight is 341 g/mol. The fourth-order valence-electron chi connectivity index (χ4n) is 2.69. The van der Waals surface area contributed by atoms with Gasteiger partial charge in [-0.2, -0.15) is 0 Å². The van der Waals surface area contributed by atoms with Crippen LogP contribution in [-0.2, 0) is 13.1 Å². The molecule has 0 bridgehead atoms. The fraction of sp³-hybridized carbons (Fsp3) is 0.167. The Morgan fingerprint density at radius 1 is 1.20 bits per heavy atom. The van der Waals surface area contributed by atoms with E-state index in [1.807, 2.05) is 11.5 Å². The average Bonchev–Trinajstić information content (AvgIpc) is 2.96. The topological polar surface area (TPSA) is 84.2 Å². The molecule has 0 saturated heterocycles. The summed E-state index contributed by atoms with van der Waals surface area (Å²) in [6.45, 7) is 2.71. The number of carbonyl (C=O) groups excluding carboxylic acids is 1. The first-order valence-corrected chi connectivity index (χ1v) is 7.76. The van der Waals surface area contributed by atoms with Crippen molar-refractivity contribution in [2.24, 2.45) is 0 Å². The molecule has 0 atom stereocenters. The molecule has 0 aliphatic carbocycles. The predicted octanol–water partition coefficient (Wildman–Crippen LogP) is 2.82. The molecule has 0 spiro atoms. The summed E-state index contributed by atoms with van der Waals surface area (Å²) in [6.07, 6.45) is 0. The standard InChI is InChI=1S/C18H16FN3O3/c1-2-22-15-7-6-12(18(24)25)9-14(15)21-16(22)10-20-17(23)11-4-3-5-13(19)8-11/h3-9H,2,10H2,1H3,(H,20,23)(H,24,25). The molecule has 128 valence electrons. The highest BCUT2D eigenvalue weighted by Crippen LogP contribution is 2.18. The molecule has 1 aromatic heterocycles. The van der Waals surface area contributed by atoms with Crippen LogP contribution in [0.4, 0.5) is 4.39 Å². The van der Waals surface area contributed by atoms with Gasteiger partial charge in [0.25, 0.3) is 5.91 Å². The summed E-state index contributed by atoms with van der Waals surface area (Å²) < 4.78 is 15.1. The normalized spacial score (nSPS) is 10.8. The first-order chi connectivity index (χ1) is 12.0. The summed E-state index contributed by atoms with van der Waals surface area (Å²) in [7, 11) is 0. The van der Waals surface area contributed by atoms with Crippen LogP contribution >= 0.6 is 0 Å². The minimum atomic E-state index is -1.02. The number of aromatic nitrogens is 2. The number of halogens is 1. The van der Waals surface area contributed by atoms with E-state index >= 15 is 0 Å². The van der Waals surface area contributed by atoms with E-state index in [0.717, 1.165) is 11.6 Å². The van der Waals surface area contributed by atoms with Crippen molar-refractivity contribution in [1.29, 1.82) is 0 Å². The van der Waals surface area contributed by atoms with Crippen molar-refractivity contribution in [3.8, 4) is 0 Å². The number of fused-ring (bicyclic) bond motifs is 1. The number of hydrogen-bond donors (Lipinski definition) is 2. The highest BCUT2D eigenvalue weighted by molar-refractivity contribution is 5.94. The third-order valence-electron chi connectivity index (χ3n) is 3.88. The van der Waals surface area contributed by atoms with Crippen LogP contribution in [0.2, 0.25) is 0 Å². The van der Waals surface area contributed by atoms with Crippen molar-refractivity contribution < 1.29 is 19.1 Å². The van der Waals surface area contributed by atoms with Gasteiger partial charge in [0.05, 0.1) is 23.1 Å². The molecule has 0 radical (unpaired) electrons. The van der Waals surface area contributed by atoms with Crippen LogP contribution in [-0.4, -0.2) is 26.5 Å². The highest BCUT2D eigenvalue weighted by Gasteiger charge is 2.14. The van der Waals surface area contributed by atoms with E-state index in [-0.39, 0.29) is 17.7 Å². The predicted molar refractivity (Wildman–Crippen MR) is 89.9 cm³/mol. The van der Waals surface area contributed by atoms with Gasteiger partial charge < -0.3 is 15.0 Å². The SMILES string of the molecule is CCn1c(CNC(=O)c2cccc(F)c2)nc2cc(C(=O)O)ccc21. The minimum Gasteiger partial charge on any atom is -0.478 e. The Morgan fingerprint density at radius 3 is 2.68 bits per heavy atom. The maximum Gasteiger partial charge on any atom is 0.335 e. The number of aromatic carboxylic acids is 1. The van der Waals surface area contributed by atoms with E-state index in [2.05, 4.69) is 10.3 Å². The molecule has 0 saturated carbocycles. The number of benzene rings is 2. The minimum absolute atomic E-state index is 0.153. The fourth-order valence-corrected chi connectivity index (χ4v) is 2.69. The second kappa shape index (κ2) is 6.72. The summed E-state index contributed by atoms with van der Waals surface area (Å²) in [5, 5.41) is 11.8. The second-order valence-electron chi connectivity index (χ2n) is 5.47. The lowest BCUT2D eigenvalue weighted by atomic mass is 10.2. The van der Waals surface area contributed by atoms with Gasteiger partial charge >= 0.3 is 5.97 Å². The molecule has 3 rings (SSSR count). The molecule has 0 aliphatic rings. The van der Waals surface area contributed by atoms with Crippen molar-refractivity contribution in [3.63, 3.8) is 0 Å². The van der Waals surface area contributed by atoms with Crippen molar-refractivity contribution in [2.45, 2.75) is 20.0 Å². The van der Waals surface area contributed by atoms with Gasteiger partial charge in [-0.15, -0.1) is 0 Å². The van der Waals surface area contributed by atoms with Crippen LogP contribution in [0.1, 0.15) is 33.5 Å². The van der Waals surface area contributed by atoms with E-state index in [1.165, 1.54) is 30.3 Å². The van der Waals surface area contributed by atoms with Crippen LogP contribution in [0.15, 0.2) is 42.5 Å². The van der Waals surface area contributed by atoms with E-state index < -0.39 is 17.7 Å². The van der Waals surface area contributed by atoms with Gasteiger partial charge in [0.15, 0.2) is 0 Å². The summed E-state index contributed by atoms with van der Waals surface area (Å²) in [5.74, 6) is -1.30. The quantitative estimate of drug-likeness (QED) is 0.747. The molecule has 2 aromatic carbocycles. The zero-order chi connectivity index (χ0) is 18.0. The van der Waals surface area contributed by atoms with Crippen molar-refractivity contribution in [1.82, 2.24) is 14.9 Å². The monoisotopic (exact) mass is 341 g/mol. The molecule has 2 N–H and O–H groups in total. The van der Waals surface area contributed by atoms with Crippen molar-refractivity contribution in [3.05, 3.63) is 65.2 Å². The molecular weight excluding hydrogens is 325 g/mol. The number of amides is 1. The Hall–Kier alpha value is -3.22. The van der Waals surface area contributed by atoms with Crippen LogP contribution in [0.25, 0.3) is 11.0 Å². The molecule has 1 heterocycles. The number of carboxylic acid groups (broad SMARTS) is 1. The number of aryl methyl sites for hydroxylation is 1. The molecule has 3 aromatic rings. The first kappa shape index (κ1) is 16.6. The third kappa shape index (κ3) is 3.35. The van der Waals surface area contributed by atoms with Crippen molar-refractivity contribution >= 4 is 22.9 Å². The second-order valence-corrected chi connectivity index (χ2v) is 5.47. The summed E-state index contributed by atoms with van der Waals surface area (Å²) in [6, 6.07) is 10.2. The van der Waals surface area contributed by atoms with E-state index in [4.69, 9.17) is 5.11 Å². The molecule has 0 fully saturated rings. The van der Waals surface area contributed by atoms with E-state index in [0.29, 0.717) is 17.9 Å². The Labute approximate surface area is 142 Å². The van der Waals surface area contributed by atoms with Gasteiger partial charge in [-0.05, 0) is 43.3 Å². The molecule has 0 unspecified atom stereocenters. The number of carboxylic acids is 1. The zero-order valence-electron chi connectivity index (χ0n) is 13.5. The largest absolute Gasteiger partial charge is 0.478 e. The zero-order valence-corrected chi connectivity index (χ0v) is 13.5. The van der Waals surface area contributed by atoms with Gasteiger partial charge in [0, 0.05) is 12.1 Å².